The van der Waals surface area contributed by atoms with Crippen LogP contribution in [0.3, 0.4) is 0 Å². The molecular weight excluding hydrogens is 394 g/mol. The van der Waals surface area contributed by atoms with Crippen LogP contribution in [0, 0.1) is 0 Å². The molecule has 0 spiro atoms. The molecule has 5 nitrogen and oxygen atoms in total. The molecule has 0 bridgehead atoms. The number of hydrogen-bond donors (Lipinski definition) is 1. The first-order valence-corrected chi connectivity index (χ1v) is 11.0. The Bertz CT molecular complexity index is 1130. The molecule has 1 amide bonds. The molecule has 0 aliphatic carbocycles. The minimum atomic E-state index is -0.120. The van der Waals surface area contributed by atoms with E-state index in [1.165, 1.54) is 17.3 Å². The molecule has 2 aromatic carbocycles. The number of amides is 1. The number of carbonyl (C=O) groups excluding carboxylic acids is 1. The standard InChI is InChI=1S/C24H25N3O2S/c1-4-16(3)27-15-17(20-8-6-7-9-21(20)27)14-22-23(28)26-24(30-22)25-18-10-12-19(13-11-18)29-5-2/h6-16H,4-5H2,1-3H3,(H,25,26,28)/b22-14+/t16-/m1/s1. The second kappa shape index (κ2) is 8.79. The van der Waals surface area contributed by atoms with Gasteiger partial charge in [-0.2, -0.15) is 0 Å². The van der Waals surface area contributed by atoms with Crippen molar-refractivity contribution in [2.45, 2.75) is 33.2 Å². The van der Waals surface area contributed by atoms with Crippen molar-refractivity contribution in [1.29, 1.82) is 0 Å². The van der Waals surface area contributed by atoms with Crippen molar-refractivity contribution in [3.8, 4) is 5.75 Å². The largest absolute Gasteiger partial charge is 0.494 e. The summed E-state index contributed by atoms with van der Waals surface area (Å²) in [7, 11) is 0. The Labute approximate surface area is 180 Å². The summed E-state index contributed by atoms with van der Waals surface area (Å²) in [5, 5.41) is 4.60. The number of nitrogens with zero attached hydrogens (tertiary/aromatic N) is 2. The first-order valence-electron chi connectivity index (χ1n) is 10.2. The highest BCUT2D eigenvalue weighted by molar-refractivity contribution is 8.18. The van der Waals surface area contributed by atoms with E-state index in [2.05, 4.69) is 53.1 Å². The van der Waals surface area contributed by atoms with Crippen LogP contribution in [0.5, 0.6) is 5.75 Å². The number of ether oxygens (including phenoxy) is 1. The van der Waals surface area contributed by atoms with Crippen molar-refractivity contribution < 1.29 is 9.53 Å². The minimum Gasteiger partial charge on any atom is -0.494 e. The number of hydrogen-bond acceptors (Lipinski definition) is 4. The van der Waals surface area contributed by atoms with E-state index in [0.717, 1.165) is 28.8 Å². The number of benzene rings is 2. The molecule has 1 atom stereocenters. The Balaban J connectivity index is 1.62. The number of rotatable bonds is 6. The van der Waals surface area contributed by atoms with E-state index in [1.54, 1.807) is 0 Å². The van der Waals surface area contributed by atoms with Crippen LogP contribution < -0.4 is 10.1 Å². The van der Waals surface area contributed by atoms with Crippen LogP contribution >= 0.6 is 11.8 Å². The van der Waals surface area contributed by atoms with Crippen molar-refractivity contribution in [1.82, 2.24) is 9.88 Å². The van der Waals surface area contributed by atoms with Crippen molar-refractivity contribution in [3.05, 3.63) is 65.2 Å². The van der Waals surface area contributed by atoms with E-state index in [9.17, 15) is 4.79 Å². The van der Waals surface area contributed by atoms with Gasteiger partial charge in [-0.1, -0.05) is 25.1 Å². The van der Waals surface area contributed by atoms with E-state index in [1.807, 2.05) is 43.3 Å². The van der Waals surface area contributed by atoms with Gasteiger partial charge in [0.05, 0.1) is 17.2 Å². The second-order valence-corrected chi connectivity index (χ2v) is 8.21. The molecule has 6 heteroatoms. The van der Waals surface area contributed by atoms with E-state index in [4.69, 9.17) is 4.74 Å². The molecule has 3 aromatic rings. The first-order chi connectivity index (χ1) is 14.6. The molecule has 1 aliphatic heterocycles. The van der Waals surface area contributed by atoms with Crippen LogP contribution in [0.15, 0.2) is 64.6 Å². The lowest BCUT2D eigenvalue weighted by Crippen LogP contribution is -2.19. The molecule has 154 valence electrons. The summed E-state index contributed by atoms with van der Waals surface area (Å²) in [6, 6.07) is 16.2. The Kier molecular flexibility index (Phi) is 5.95. The summed E-state index contributed by atoms with van der Waals surface area (Å²) in [5.74, 6) is 0.688. The average Bonchev–Trinajstić information content (AvgIpc) is 3.29. The van der Waals surface area contributed by atoms with Crippen molar-refractivity contribution >= 4 is 45.5 Å². The van der Waals surface area contributed by atoms with Gasteiger partial charge in [0.2, 0.25) is 0 Å². The van der Waals surface area contributed by atoms with Crippen LogP contribution in [0.4, 0.5) is 5.69 Å². The summed E-state index contributed by atoms with van der Waals surface area (Å²) >= 11 is 1.36. The van der Waals surface area contributed by atoms with E-state index >= 15 is 0 Å². The molecule has 0 unspecified atom stereocenters. The van der Waals surface area contributed by atoms with Crippen LogP contribution in [0.1, 0.15) is 38.8 Å². The third-order valence-corrected chi connectivity index (χ3v) is 6.06. The van der Waals surface area contributed by atoms with Crippen LogP contribution in [0.2, 0.25) is 0 Å². The fourth-order valence-corrected chi connectivity index (χ4v) is 4.26. The quantitative estimate of drug-likeness (QED) is 0.506. The molecule has 30 heavy (non-hydrogen) atoms. The monoisotopic (exact) mass is 419 g/mol. The van der Waals surface area contributed by atoms with E-state index in [0.29, 0.717) is 22.7 Å². The predicted molar refractivity (Wildman–Crippen MR) is 125 cm³/mol. The third kappa shape index (κ3) is 4.14. The van der Waals surface area contributed by atoms with Crippen molar-refractivity contribution in [3.63, 3.8) is 0 Å². The van der Waals surface area contributed by atoms with Gasteiger partial charge in [-0.15, -0.1) is 0 Å². The maximum Gasteiger partial charge on any atom is 0.264 e. The lowest BCUT2D eigenvalue weighted by atomic mass is 10.1. The van der Waals surface area contributed by atoms with Gasteiger partial charge < -0.3 is 14.6 Å². The molecule has 0 saturated carbocycles. The minimum absolute atomic E-state index is 0.120. The van der Waals surface area contributed by atoms with Gasteiger partial charge in [-0.25, -0.2) is 4.99 Å². The van der Waals surface area contributed by atoms with Crippen LogP contribution in [-0.4, -0.2) is 22.2 Å². The number of para-hydroxylation sites is 1. The number of nitrogens with one attached hydrogen (secondary N) is 1. The molecule has 1 N–H and O–H groups in total. The number of amidine groups is 1. The zero-order valence-electron chi connectivity index (χ0n) is 17.4. The van der Waals surface area contributed by atoms with Gasteiger partial charge in [-0.05, 0) is 68.4 Å². The third-order valence-electron chi connectivity index (χ3n) is 5.15. The summed E-state index contributed by atoms with van der Waals surface area (Å²) < 4.78 is 7.74. The summed E-state index contributed by atoms with van der Waals surface area (Å²) in [5.41, 5.74) is 3.01. The molecule has 1 aliphatic rings. The maximum atomic E-state index is 12.5. The van der Waals surface area contributed by atoms with Crippen molar-refractivity contribution in [2.24, 2.45) is 4.99 Å². The molecule has 4 rings (SSSR count). The van der Waals surface area contributed by atoms with E-state index in [-0.39, 0.29) is 5.91 Å². The van der Waals surface area contributed by atoms with Crippen molar-refractivity contribution in [2.75, 3.05) is 6.61 Å². The van der Waals surface area contributed by atoms with Crippen LogP contribution in [0.25, 0.3) is 17.0 Å². The second-order valence-electron chi connectivity index (χ2n) is 7.17. The Morgan fingerprint density at radius 1 is 1.17 bits per heavy atom. The molecule has 0 radical (unpaired) electrons. The fraction of sp³-hybridized carbons (Fsp3) is 0.250. The van der Waals surface area contributed by atoms with Gasteiger partial charge in [-0.3, -0.25) is 4.79 Å². The molecule has 1 saturated heterocycles. The number of carbonyl (C=O) groups is 1. The normalized spacial score (nSPS) is 17.6. The molecular formula is C24H25N3O2S. The average molecular weight is 420 g/mol. The summed E-state index contributed by atoms with van der Waals surface area (Å²) in [6.07, 6.45) is 5.14. The van der Waals surface area contributed by atoms with Gasteiger partial charge in [0, 0.05) is 28.7 Å². The number of aromatic nitrogens is 1. The molecule has 1 fully saturated rings. The Morgan fingerprint density at radius 3 is 2.67 bits per heavy atom. The maximum absolute atomic E-state index is 12.5. The van der Waals surface area contributed by atoms with Gasteiger partial charge >= 0.3 is 0 Å². The zero-order valence-corrected chi connectivity index (χ0v) is 18.2. The SMILES string of the molecule is CCOc1ccc(N=C2NC(=O)/C(=C\c3cn([C@H](C)CC)c4ccccc34)S2)cc1. The lowest BCUT2D eigenvalue weighted by molar-refractivity contribution is -0.115. The Morgan fingerprint density at radius 2 is 1.93 bits per heavy atom. The summed E-state index contributed by atoms with van der Waals surface area (Å²) in [4.78, 5) is 17.7. The van der Waals surface area contributed by atoms with Crippen LogP contribution in [-0.2, 0) is 4.79 Å². The predicted octanol–water partition coefficient (Wildman–Crippen LogP) is 5.90. The molecule has 2 heterocycles. The van der Waals surface area contributed by atoms with E-state index < -0.39 is 0 Å². The summed E-state index contributed by atoms with van der Waals surface area (Å²) in [6.45, 7) is 6.97. The number of aliphatic imine (C=N–C) groups is 1. The Hall–Kier alpha value is -2.99. The highest BCUT2D eigenvalue weighted by atomic mass is 32.2. The smallest absolute Gasteiger partial charge is 0.264 e. The topological polar surface area (TPSA) is 55.6 Å². The lowest BCUT2D eigenvalue weighted by Gasteiger charge is -2.12. The number of thioether (sulfide) groups is 1. The molecule has 1 aromatic heterocycles. The first kappa shape index (κ1) is 20.3. The highest BCUT2D eigenvalue weighted by Gasteiger charge is 2.24. The number of fused-ring (bicyclic) bond motifs is 1. The van der Waals surface area contributed by atoms with Gasteiger partial charge in [0.15, 0.2) is 5.17 Å². The van der Waals surface area contributed by atoms with Gasteiger partial charge in [0.1, 0.15) is 5.75 Å². The highest BCUT2D eigenvalue weighted by Crippen LogP contribution is 2.32. The zero-order chi connectivity index (χ0) is 21.1. The van der Waals surface area contributed by atoms with Gasteiger partial charge in [0.25, 0.3) is 5.91 Å². The fourth-order valence-electron chi connectivity index (χ4n) is 3.43.